The molecule has 1 atom stereocenters. The highest BCUT2D eigenvalue weighted by Gasteiger charge is 2.45. The van der Waals surface area contributed by atoms with Crippen LogP contribution in [0, 0.1) is 11.3 Å². The quantitative estimate of drug-likeness (QED) is 0.609. The zero-order valence-electron chi connectivity index (χ0n) is 7.69. The highest BCUT2D eigenvalue weighted by molar-refractivity contribution is 4.99. The monoisotopic (exact) mass is 153 g/mol. The molecular weight excluding hydrogens is 134 g/mol. The molecule has 0 bridgehead atoms. The van der Waals surface area contributed by atoms with E-state index < -0.39 is 0 Å². The summed E-state index contributed by atoms with van der Waals surface area (Å²) in [5.41, 5.74) is 0.820. The summed E-state index contributed by atoms with van der Waals surface area (Å²) in [6.07, 6.45) is 5.91. The molecule has 1 aliphatic heterocycles. The summed E-state index contributed by atoms with van der Waals surface area (Å²) in [6, 6.07) is 0.811. The second-order valence-electron chi connectivity index (χ2n) is 4.76. The van der Waals surface area contributed by atoms with Crippen molar-refractivity contribution in [2.75, 3.05) is 6.54 Å². The Kier molecular flexibility index (Phi) is 1.71. The third kappa shape index (κ3) is 1.44. The first-order chi connectivity index (χ1) is 5.22. The lowest BCUT2D eigenvalue weighted by Crippen LogP contribution is -2.42. The summed E-state index contributed by atoms with van der Waals surface area (Å²) < 4.78 is 0. The Bertz CT molecular complexity index is 147. The van der Waals surface area contributed by atoms with Crippen LogP contribution in [-0.4, -0.2) is 12.6 Å². The zero-order valence-corrected chi connectivity index (χ0v) is 7.69. The van der Waals surface area contributed by atoms with Gasteiger partial charge in [0, 0.05) is 6.04 Å². The van der Waals surface area contributed by atoms with Gasteiger partial charge in [-0.25, -0.2) is 0 Å². The molecule has 0 amide bonds. The molecule has 0 aromatic carbocycles. The number of hydrogen-bond donors (Lipinski definition) is 1. The fourth-order valence-electron chi connectivity index (χ4n) is 2.27. The van der Waals surface area contributed by atoms with E-state index in [1.54, 1.807) is 0 Å². The van der Waals surface area contributed by atoms with Crippen LogP contribution in [0.2, 0.25) is 0 Å². The third-order valence-corrected chi connectivity index (χ3v) is 3.48. The van der Waals surface area contributed by atoms with Gasteiger partial charge in [-0.1, -0.05) is 13.8 Å². The summed E-state index contributed by atoms with van der Waals surface area (Å²) in [6.45, 7) is 5.93. The van der Waals surface area contributed by atoms with Crippen LogP contribution >= 0.6 is 0 Å². The van der Waals surface area contributed by atoms with Gasteiger partial charge in [0.2, 0.25) is 0 Å². The Hall–Kier alpha value is -0.0400. The average Bonchev–Trinajstić information content (AvgIpc) is 2.69. The van der Waals surface area contributed by atoms with Crippen LogP contribution in [0.3, 0.4) is 0 Å². The Morgan fingerprint density at radius 2 is 2.00 bits per heavy atom. The van der Waals surface area contributed by atoms with Crippen molar-refractivity contribution in [1.82, 2.24) is 5.32 Å². The van der Waals surface area contributed by atoms with Crippen molar-refractivity contribution in [3.63, 3.8) is 0 Å². The fourth-order valence-corrected chi connectivity index (χ4v) is 2.27. The van der Waals surface area contributed by atoms with E-state index in [1.807, 2.05) is 0 Å². The van der Waals surface area contributed by atoms with E-state index in [-0.39, 0.29) is 0 Å². The first-order valence-corrected chi connectivity index (χ1v) is 4.95. The maximum Gasteiger partial charge on any atom is 0.00953 e. The molecule has 0 radical (unpaired) electrons. The highest BCUT2D eigenvalue weighted by atomic mass is 14.9. The van der Waals surface area contributed by atoms with Crippen LogP contribution < -0.4 is 5.32 Å². The second-order valence-corrected chi connectivity index (χ2v) is 4.76. The molecule has 1 nitrogen and oxygen atoms in total. The van der Waals surface area contributed by atoms with Gasteiger partial charge in [-0.2, -0.15) is 0 Å². The topological polar surface area (TPSA) is 12.0 Å². The van der Waals surface area contributed by atoms with E-state index in [0.717, 1.165) is 17.4 Å². The Morgan fingerprint density at radius 3 is 2.55 bits per heavy atom. The first kappa shape index (κ1) is 7.60. The third-order valence-electron chi connectivity index (χ3n) is 3.48. The molecule has 11 heavy (non-hydrogen) atoms. The standard InChI is InChI=1S/C10H19N/c1-8(2)9-7-10(3-4-10)5-6-11-9/h8-9,11H,3-7H2,1-2H3. The van der Waals surface area contributed by atoms with Crippen LogP contribution in [0.4, 0.5) is 0 Å². The van der Waals surface area contributed by atoms with Crippen LogP contribution in [-0.2, 0) is 0 Å². The van der Waals surface area contributed by atoms with Crippen LogP contribution in [0.1, 0.15) is 39.5 Å². The normalized spacial score (nSPS) is 34.6. The molecule has 1 saturated carbocycles. The highest BCUT2D eigenvalue weighted by Crippen LogP contribution is 2.54. The number of piperidine rings is 1. The van der Waals surface area contributed by atoms with Gasteiger partial charge in [0.15, 0.2) is 0 Å². The minimum absolute atomic E-state index is 0.811. The molecule has 1 saturated heterocycles. The smallest absolute Gasteiger partial charge is 0.00953 e. The van der Waals surface area contributed by atoms with Gasteiger partial charge in [0.05, 0.1) is 0 Å². The number of nitrogens with one attached hydrogen (secondary N) is 1. The van der Waals surface area contributed by atoms with Crippen molar-refractivity contribution in [2.45, 2.75) is 45.6 Å². The van der Waals surface area contributed by atoms with Gasteiger partial charge in [-0.3, -0.25) is 0 Å². The van der Waals surface area contributed by atoms with E-state index in [2.05, 4.69) is 19.2 Å². The molecule has 2 aliphatic rings. The molecule has 1 spiro atoms. The molecule has 2 fully saturated rings. The first-order valence-electron chi connectivity index (χ1n) is 4.95. The van der Waals surface area contributed by atoms with Crippen molar-refractivity contribution in [3.8, 4) is 0 Å². The lowest BCUT2D eigenvalue weighted by atomic mass is 9.85. The van der Waals surface area contributed by atoms with Crippen molar-refractivity contribution in [1.29, 1.82) is 0 Å². The molecule has 1 heteroatoms. The number of rotatable bonds is 1. The van der Waals surface area contributed by atoms with E-state index in [9.17, 15) is 0 Å². The van der Waals surface area contributed by atoms with Gasteiger partial charge in [-0.05, 0) is 43.6 Å². The summed E-state index contributed by atoms with van der Waals surface area (Å²) in [7, 11) is 0. The van der Waals surface area contributed by atoms with E-state index in [1.165, 1.54) is 32.2 Å². The maximum absolute atomic E-state index is 3.61. The van der Waals surface area contributed by atoms with Crippen LogP contribution in [0.25, 0.3) is 0 Å². The van der Waals surface area contributed by atoms with Crippen molar-refractivity contribution >= 4 is 0 Å². The zero-order chi connectivity index (χ0) is 7.90. The van der Waals surface area contributed by atoms with Crippen molar-refractivity contribution in [3.05, 3.63) is 0 Å². The van der Waals surface area contributed by atoms with E-state index in [0.29, 0.717) is 0 Å². The second kappa shape index (κ2) is 2.48. The molecule has 64 valence electrons. The summed E-state index contributed by atoms with van der Waals surface area (Å²) >= 11 is 0. The average molecular weight is 153 g/mol. The molecule has 0 aromatic heterocycles. The molecule has 1 unspecified atom stereocenters. The van der Waals surface area contributed by atoms with Gasteiger partial charge < -0.3 is 5.32 Å². The molecule has 0 aromatic rings. The van der Waals surface area contributed by atoms with Gasteiger partial charge in [0.25, 0.3) is 0 Å². The molecule has 1 N–H and O–H groups in total. The minimum Gasteiger partial charge on any atom is -0.314 e. The van der Waals surface area contributed by atoms with E-state index >= 15 is 0 Å². The van der Waals surface area contributed by atoms with Gasteiger partial charge >= 0.3 is 0 Å². The lowest BCUT2D eigenvalue weighted by molar-refractivity contribution is 0.239. The predicted molar refractivity (Wildman–Crippen MR) is 47.5 cm³/mol. The lowest BCUT2D eigenvalue weighted by Gasteiger charge is -2.32. The SMILES string of the molecule is CC(C)C1CC2(CCN1)CC2. The summed E-state index contributed by atoms with van der Waals surface area (Å²) in [5.74, 6) is 0.827. The summed E-state index contributed by atoms with van der Waals surface area (Å²) in [4.78, 5) is 0. The summed E-state index contributed by atoms with van der Waals surface area (Å²) in [5, 5.41) is 3.61. The Labute approximate surface area is 69.6 Å². The van der Waals surface area contributed by atoms with Gasteiger partial charge in [-0.15, -0.1) is 0 Å². The van der Waals surface area contributed by atoms with Crippen molar-refractivity contribution < 1.29 is 0 Å². The Balaban J connectivity index is 1.93. The molecular formula is C10H19N. The molecule has 1 heterocycles. The maximum atomic E-state index is 3.61. The fraction of sp³-hybridized carbons (Fsp3) is 1.00. The van der Waals surface area contributed by atoms with Crippen LogP contribution in [0.5, 0.6) is 0 Å². The Morgan fingerprint density at radius 1 is 1.27 bits per heavy atom. The largest absolute Gasteiger partial charge is 0.314 e. The van der Waals surface area contributed by atoms with Crippen LogP contribution in [0.15, 0.2) is 0 Å². The molecule has 2 rings (SSSR count). The number of hydrogen-bond acceptors (Lipinski definition) is 1. The van der Waals surface area contributed by atoms with E-state index in [4.69, 9.17) is 0 Å². The minimum atomic E-state index is 0.811. The predicted octanol–water partition coefficient (Wildman–Crippen LogP) is 2.17. The van der Waals surface area contributed by atoms with Gasteiger partial charge in [0.1, 0.15) is 0 Å². The molecule has 1 aliphatic carbocycles. The van der Waals surface area contributed by atoms with Crippen molar-refractivity contribution in [2.24, 2.45) is 11.3 Å².